The van der Waals surface area contributed by atoms with Gasteiger partial charge in [-0.2, -0.15) is 4.31 Å². The molecule has 0 radical (unpaired) electrons. The third-order valence-electron chi connectivity index (χ3n) is 3.41. The molecule has 0 aliphatic carbocycles. The quantitative estimate of drug-likeness (QED) is 0.792. The number of hydrogen-bond acceptors (Lipinski definition) is 5. The van der Waals surface area contributed by atoms with E-state index in [0.29, 0.717) is 13.0 Å². The summed E-state index contributed by atoms with van der Waals surface area (Å²) < 4.78 is 50.2. The second-order valence-corrected chi connectivity index (χ2v) is 10.3. The van der Waals surface area contributed by atoms with Crippen LogP contribution in [0, 0.1) is 0 Å². The van der Waals surface area contributed by atoms with E-state index < -0.39 is 25.9 Å². The van der Waals surface area contributed by atoms with Gasteiger partial charge in [0.25, 0.3) is 10.0 Å². The molecule has 1 unspecified atom stereocenters. The second-order valence-electron chi connectivity index (χ2n) is 4.96. The van der Waals surface area contributed by atoms with Crippen LogP contribution in [0.15, 0.2) is 21.7 Å². The minimum Gasteiger partial charge on any atom is -0.229 e. The molecular formula is C12H19NO4S3. The van der Waals surface area contributed by atoms with Gasteiger partial charge in [0.1, 0.15) is 4.21 Å². The van der Waals surface area contributed by atoms with Crippen molar-refractivity contribution in [1.29, 1.82) is 0 Å². The monoisotopic (exact) mass is 337 g/mol. The molecule has 114 valence electrons. The fourth-order valence-corrected chi connectivity index (χ4v) is 6.98. The van der Waals surface area contributed by atoms with E-state index in [1.165, 1.54) is 15.6 Å². The summed E-state index contributed by atoms with van der Waals surface area (Å²) in [5.41, 5.74) is 0. The summed E-state index contributed by atoms with van der Waals surface area (Å²) >= 11 is 1.17. The minimum atomic E-state index is -3.58. The Morgan fingerprint density at radius 3 is 2.70 bits per heavy atom. The van der Waals surface area contributed by atoms with Crippen LogP contribution in [-0.2, 0) is 19.9 Å². The molecule has 20 heavy (non-hydrogen) atoms. The summed E-state index contributed by atoms with van der Waals surface area (Å²) in [6.45, 7) is 2.37. The molecule has 2 rings (SSSR count). The van der Waals surface area contributed by atoms with Gasteiger partial charge >= 0.3 is 0 Å². The maximum Gasteiger partial charge on any atom is 0.252 e. The average Bonchev–Trinajstić information content (AvgIpc) is 2.99. The van der Waals surface area contributed by atoms with Crippen LogP contribution in [0.2, 0.25) is 0 Å². The van der Waals surface area contributed by atoms with Gasteiger partial charge in [-0.15, -0.1) is 11.3 Å². The Hall–Kier alpha value is -0.440. The van der Waals surface area contributed by atoms with E-state index in [4.69, 9.17) is 0 Å². The van der Waals surface area contributed by atoms with E-state index in [9.17, 15) is 16.8 Å². The lowest BCUT2D eigenvalue weighted by Crippen LogP contribution is -2.41. The van der Waals surface area contributed by atoms with Crippen molar-refractivity contribution in [2.75, 3.05) is 18.1 Å². The van der Waals surface area contributed by atoms with Gasteiger partial charge in [-0.3, -0.25) is 0 Å². The summed E-state index contributed by atoms with van der Waals surface area (Å²) in [4.78, 5) is 0. The largest absolute Gasteiger partial charge is 0.252 e. The Labute approximate surface area is 124 Å². The number of sulfonamides is 1. The summed E-state index contributed by atoms with van der Waals surface area (Å²) in [5, 5.41) is 1.72. The van der Waals surface area contributed by atoms with Gasteiger partial charge in [0, 0.05) is 12.6 Å². The lowest BCUT2D eigenvalue weighted by Gasteiger charge is -2.26. The van der Waals surface area contributed by atoms with Gasteiger partial charge in [-0.1, -0.05) is 19.4 Å². The molecule has 8 heteroatoms. The first-order valence-electron chi connectivity index (χ1n) is 6.62. The number of sulfone groups is 1. The van der Waals surface area contributed by atoms with Crippen LogP contribution < -0.4 is 0 Å². The Bertz CT molecular complexity index is 634. The molecule has 1 fully saturated rings. The molecule has 0 N–H and O–H groups in total. The predicted octanol–water partition coefficient (Wildman–Crippen LogP) is 1.73. The van der Waals surface area contributed by atoms with E-state index in [2.05, 4.69) is 0 Å². The third kappa shape index (κ3) is 3.41. The Morgan fingerprint density at radius 2 is 2.20 bits per heavy atom. The summed E-state index contributed by atoms with van der Waals surface area (Å²) in [7, 11) is -6.67. The molecule has 0 bridgehead atoms. The lowest BCUT2D eigenvalue weighted by atomic mass is 10.2. The number of rotatable bonds is 6. The van der Waals surface area contributed by atoms with E-state index in [-0.39, 0.29) is 15.7 Å². The van der Waals surface area contributed by atoms with Crippen molar-refractivity contribution in [3.63, 3.8) is 0 Å². The standard InChI is InChI=1S/C12H19NO4S3/c1-2-3-7-13(11-6-9-19(14,15)10-11)20(16,17)12-5-4-8-18-12/h4-5,8,11H,2-3,6-7,9-10H2,1H3. The van der Waals surface area contributed by atoms with Crippen molar-refractivity contribution in [2.24, 2.45) is 0 Å². The van der Waals surface area contributed by atoms with Gasteiger partial charge in [0.15, 0.2) is 9.84 Å². The zero-order chi connectivity index (χ0) is 14.8. The molecule has 1 aromatic heterocycles. The fraction of sp³-hybridized carbons (Fsp3) is 0.667. The number of unbranched alkanes of at least 4 members (excludes halogenated alkanes) is 1. The maximum absolute atomic E-state index is 12.6. The molecule has 0 aromatic carbocycles. The number of nitrogens with zero attached hydrogens (tertiary/aromatic N) is 1. The lowest BCUT2D eigenvalue weighted by molar-refractivity contribution is 0.336. The van der Waals surface area contributed by atoms with Crippen LogP contribution in [0.5, 0.6) is 0 Å². The SMILES string of the molecule is CCCCN(C1CCS(=O)(=O)C1)S(=O)(=O)c1cccs1. The second kappa shape index (κ2) is 6.13. The molecule has 2 heterocycles. The van der Waals surface area contributed by atoms with Crippen LogP contribution in [0.25, 0.3) is 0 Å². The van der Waals surface area contributed by atoms with E-state index >= 15 is 0 Å². The highest BCUT2D eigenvalue weighted by Gasteiger charge is 2.38. The van der Waals surface area contributed by atoms with Gasteiger partial charge in [0.2, 0.25) is 0 Å². The van der Waals surface area contributed by atoms with Crippen molar-refractivity contribution in [2.45, 2.75) is 36.4 Å². The zero-order valence-electron chi connectivity index (χ0n) is 11.4. The molecular weight excluding hydrogens is 318 g/mol. The van der Waals surface area contributed by atoms with Crippen molar-refractivity contribution in [3.8, 4) is 0 Å². The molecule has 1 aliphatic heterocycles. The van der Waals surface area contributed by atoms with Crippen molar-refractivity contribution >= 4 is 31.2 Å². The summed E-state index contributed by atoms with van der Waals surface area (Å²) in [6, 6.07) is 2.85. The zero-order valence-corrected chi connectivity index (χ0v) is 13.8. The summed E-state index contributed by atoms with van der Waals surface area (Å²) in [5.74, 6) is 0.0293. The minimum absolute atomic E-state index is 0.0542. The van der Waals surface area contributed by atoms with E-state index in [1.807, 2.05) is 6.92 Å². The first-order valence-corrected chi connectivity index (χ1v) is 10.8. The van der Waals surface area contributed by atoms with Gasteiger partial charge in [0.05, 0.1) is 11.5 Å². The first kappa shape index (κ1) is 15.9. The average molecular weight is 337 g/mol. The molecule has 1 aliphatic rings. The van der Waals surface area contributed by atoms with Crippen molar-refractivity contribution < 1.29 is 16.8 Å². The molecule has 1 atom stereocenters. The molecule has 0 amide bonds. The molecule has 0 saturated carbocycles. The number of hydrogen-bond donors (Lipinski definition) is 0. The van der Waals surface area contributed by atoms with E-state index in [0.717, 1.165) is 12.8 Å². The van der Waals surface area contributed by atoms with Crippen molar-refractivity contribution in [1.82, 2.24) is 4.31 Å². The van der Waals surface area contributed by atoms with Crippen LogP contribution >= 0.6 is 11.3 Å². The smallest absolute Gasteiger partial charge is 0.229 e. The van der Waals surface area contributed by atoms with Crippen LogP contribution in [-0.4, -0.2) is 45.2 Å². The fourth-order valence-electron chi connectivity index (χ4n) is 2.34. The van der Waals surface area contributed by atoms with Crippen LogP contribution in [0.4, 0.5) is 0 Å². The van der Waals surface area contributed by atoms with Crippen LogP contribution in [0.3, 0.4) is 0 Å². The summed E-state index contributed by atoms with van der Waals surface area (Å²) in [6.07, 6.45) is 2.01. The maximum atomic E-state index is 12.6. The van der Waals surface area contributed by atoms with E-state index in [1.54, 1.807) is 17.5 Å². The Balaban J connectivity index is 2.29. The molecule has 1 aromatic rings. The molecule has 5 nitrogen and oxygen atoms in total. The highest BCUT2D eigenvalue weighted by molar-refractivity contribution is 7.92. The van der Waals surface area contributed by atoms with Gasteiger partial charge < -0.3 is 0 Å². The number of thiophene rings is 1. The van der Waals surface area contributed by atoms with Crippen molar-refractivity contribution in [3.05, 3.63) is 17.5 Å². The molecule has 1 saturated heterocycles. The highest BCUT2D eigenvalue weighted by atomic mass is 32.2. The normalized spacial score (nSPS) is 22.4. The first-order chi connectivity index (χ1) is 9.37. The Morgan fingerprint density at radius 1 is 1.45 bits per heavy atom. The van der Waals surface area contributed by atoms with Gasteiger partial charge in [-0.25, -0.2) is 16.8 Å². The van der Waals surface area contributed by atoms with Gasteiger partial charge in [-0.05, 0) is 24.3 Å². The topological polar surface area (TPSA) is 71.5 Å². The van der Waals surface area contributed by atoms with Crippen LogP contribution in [0.1, 0.15) is 26.2 Å². The molecule has 0 spiro atoms. The Kier molecular flexibility index (Phi) is 4.88. The third-order valence-corrected chi connectivity index (χ3v) is 8.48. The predicted molar refractivity (Wildman–Crippen MR) is 80.2 cm³/mol. The highest BCUT2D eigenvalue weighted by Crippen LogP contribution is 2.27.